The van der Waals surface area contributed by atoms with Crippen LogP contribution in [0.3, 0.4) is 0 Å². The molecule has 1 amide bonds. The van der Waals surface area contributed by atoms with Crippen molar-refractivity contribution in [1.82, 2.24) is 24.9 Å². The van der Waals surface area contributed by atoms with Crippen LogP contribution in [0.15, 0.2) is 24.5 Å². The van der Waals surface area contributed by atoms with Crippen molar-refractivity contribution in [2.45, 2.75) is 32.7 Å². The minimum atomic E-state index is -0.435. The summed E-state index contributed by atoms with van der Waals surface area (Å²) in [6.07, 6.45) is 3.95. The van der Waals surface area contributed by atoms with Crippen LogP contribution in [0, 0.1) is 6.92 Å². The number of carbonyl (C=O) groups excluding carboxylic acids is 1. The Kier molecular flexibility index (Phi) is 4.06. The predicted molar refractivity (Wildman–Crippen MR) is 80.6 cm³/mol. The molecule has 112 valence electrons. The van der Waals surface area contributed by atoms with Gasteiger partial charge < -0.3 is 4.90 Å². The molecule has 0 aromatic carbocycles. The van der Waals surface area contributed by atoms with Crippen LogP contribution in [0.2, 0.25) is 0 Å². The van der Waals surface area contributed by atoms with Gasteiger partial charge in [0.05, 0.1) is 23.9 Å². The van der Waals surface area contributed by atoms with E-state index in [0.717, 1.165) is 17.0 Å². The molecule has 0 saturated carbocycles. The van der Waals surface area contributed by atoms with Crippen LogP contribution in [0.5, 0.6) is 0 Å². The van der Waals surface area contributed by atoms with E-state index in [2.05, 4.69) is 15.3 Å². The number of hydrogen-bond acceptors (Lipinski definition) is 4. The van der Waals surface area contributed by atoms with Gasteiger partial charge in [-0.25, -0.2) is 4.68 Å². The summed E-state index contributed by atoms with van der Waals surface area (Å²) in [5, 5.41) is 8.36. The van der Waals surface area contributed by atoms with Crippen LogP contribution in [-0.4, -0.2) is 44.9 Å². The van der Waals surface area contributed by atoms with E-state index >= 15 is 0 Å². The number of amides is 1. The molecule has 2 heterocycles. The molecule has 0 aliphatic carbocycles. The molecule has 0 bridgehead atoms. The zero-order valence-corrected chi connectivity index (χ0v) is 13.2. The normalized spacial score (nSPS) is 11.5. The molecule has 21 heavy (non-hydrogen) atoms. The number of aromatic nitrogens is 4. The molecule has 0 fully saturated rings. The van der Waals surface area contributed by atoms with Gasteiger partial charge in [0.2, 0.25) is 5.91 Å². The van der Waals surface area contributed by atoms with Gasteiger partial charge in [-0.1, -0.05) is 11.3 Å². The first-order valence-corrected chi connectivity index (χ1v) is 6.86. The first-order chi connectivity index (χ1) is 9.81. The molecule has 0 radical (unpaired) electrons. The Hall–Kier alpha value is -2.24. The molecule has 0 aliphatic rings. The van der Waals surface area contributed by atoms with Gasteiger partial charge in [0, 0.05) is 20.3 Å². The lowest BCUT2D eigenvalue weighted by molar-refractivity contribution is -0.130. The molecular weight excluding hydrogens is 266 g/mol. The molecule has 2 aromatic rings. The van der Waals surface area contributed by atoms with Gasteiger partial charge in [-0.05, 0) is 32.4 Å². The number of nitrogens with zero attached hydrogens (tertiary/aromatic N) is 5. The average molecular weight is 287 g/mol. The summed E-state index contributed by atoms with van der Waals surface area (Å²) in [7, 11) is 3.50. The van der Waals surface area contributed by atoms with E-state index in [1.54, 1.807) is 29.9 Å². The maximum absolute atomic E-state index is 11.9. The van der Waals surface area contributed by atoms with Crippen LogP contribution in [0.4, 0.5) is 0 Å². The SMILES string of the molecule is Cc1cccnc1-c1cn(C(C)(C)CC(=O)N(C)C)nn1. The Morgan fingerprint density at radius 3 is 2.71 bits per heavy atom. The Bertz CT molecular complexity index is 645. The molecule has 0 saturated heterocycles. The second-order valence-corrected chi connectivity index (χ2v) is 5.99. The number of hydrogen-bond donors (Lipinski definition) is 0. The van der Waals surface area contributed by atoms with E-state index in [1.165, 1.54) is 0 Å². The Labute approximate surface area is 124 Å². The standard InChI is InChI=1S/C15H21N5O/c1-11-7-6-8-16-14(11)12-10-20(18-17-12)15(2,3)9-13(21)19(4)5/h6-8,10H,9H2,1-5H3. The van der Waals surface area contributed by atoms with Gasteiger partial charge in [-0.2, -0.15) is 0 Å². The Morgan fingerprint density at radius 1 is 1.38 bits per heavy atom. The summed E-state index contributed by atoms with van der Waals surface area (Å²) in [5.74, 6) is 0.0612. The van der Waals surface area contributed by atoms with E-state index in [4.69, 9.17) is 0 Å². The molecule has 6 nitrogen and oxygen atoms in total. The number of aryl methyl sites for hydroxylation is 1. The molecule has 6 heteroatoms. The monoisotopic (exact) mass is 287 g/mol. The molecule has 0 spiro atoms. The lowest BCUT2D eigenvalue weighted by Crippen LogP contribution is -2.35. The van der Waals surface area contributed by atoms with E-state index in [0.29, 0.717) is 6.42 Å². The fourth-order valence-electron chi connectivity index (χ4n) is 2.03. The summed E-state index contributed by atoms with van der Waals surface area (Å²) in [5.41, 5.74) is 2.15. The molecule has 2 rings (SSSR count). The van der Waals surface area contributed by atoms with Crippen molar-refractivity contribution in [2.24, 2.45) is 0 Å². The maximum atomic E-state index is 11.9. The summed E-state index contributed by atoms with van der Waals surface area (Å²) in [6, 6.07) is 3.88. The lowest BCUT2D eigenvalue weighted by Gasteiger charge is -2.25. The summed E-state index contributed by atoms with van der Waals surface area (Å²) in [4.78, 5) is 17.8. The van der Waals surface area contributed by atoms with Crippen molar-refractivity contribution >= 4 is 5.91 Å². The Balaban J connectivity index is 2.27. The molecule has 0 unspecified atom stereocenters. The zero-order valence-electron chi connectivity index (χ0n) is 13.2. The molecule has 0 aliphatic heterocycles. The minimum Gasteiger partial charge on any atom is -0.349 e. The van der Waals surface area contributed by atoms with Crippen LogP contribution in [-0.2, 0) is 10.3 Å². The largest absolute Gasteiger partial charge is 0.349 e. The van der Waals surface area contributed by atoms with E-state index in [-0.39, 0.29) is 5.91 Å². The van der Waals surface area contributed by atoms with Crippen molar-refractivity contribution in [3.63, 3.8) is 0 Å². The second kappa shape index (κ2) is 5.63. The summed E-state index contributed by atoms with van der Waals surface area (Å²) in [6.45, 7) is 5.93. The fourth-order valence-corrected chi connectivity index (χ4v) is 2.03. The lowest BCUT2D eigenvalue weighted by atomic mass is 10.0. The Morgan fingerprint density at radius 2 is 2.10 bits per heavy atom. The summed E-state index contributed by atoms with van der Waals surface area (Å²) >= 11 is 0. The van der Waals surface area contributed by atoms with Crippen LogP contribution in [0.1, 0.15) is 25.8 Å². The first kappa shape index (κ1) is 15.2. The highest BCUT2D eigenvalue weighted by molar-refractivity contribution is 5.76. The number of rotatable bonds is 4. The molecule has 2 aromatic heterocycles. The zero-order chi connectivity index (χ0) is 15.6. The van der Waals surface area contributed by atoms with Gasteiger partial charge in [0.25, 0.3) is 0 Å². The average Bonchev–Trinajstić information content (AvgIpc) is 2.89. The van der Waals surface area contributed by atoms with Crippen LogP contribution < -0.4 is 0 Å². The highest BCUT2D eigenvalue weighted by Crippen LogP contribution is 2.23. The fraction of sp³-hybridized carbons (Fsp3) is 0.467. The molecule has 0 atom stereocenters. The first-order valence-electron chi connectivity index (χ1n) is 6.86. The van der Waals surface area contributed by atoms with Gasteiger partial charge in [0.1, 0.15) is 5.69 Å². The van der Waals surface area contributed by atoms with Crippen molar-refractivity contribution in [3.05, 3.63) is 30.1 Å². The van der Waals surface area contributed by atoms with Crippen LogP contribution >= 0.6 is 0 Å². The van der Waals surface area contributed by atoms with E-state index in [9.17, 15) is 4.79 Å². The number of carbonyl (C=O) groups is 1. The van der Waals surface area contributed by atoms with Gasteiger partial charge in [0.15, 0.2) is 0 Å². The molecular formula is C15H21N5O. The third-order valence-electron chi connectivity index (χ3n) is 3.45. The minimum absolute atomic E-state index is 0.0612. The smallest absolute Gasteiger partial charge is 0.224 e. The highest BCUT2D eigenvalue weighted by atomic mass is 16.2. The van der Waals surface area contributed by atoms with Crippen molar-refractivity contribution < 1.29 is 4.79 Å². The highest BCUT2D eigenvalue weighted by Gasteiger charge is 2.27. The van der Waals surface area contributed by atoms with Gasteiger partial charge >= 0.3 is 0 Å². The predicted octanol–water partition coefficient (Wildman–Crippen LogP) is 1.86. The summed E-state index contributed by atoms with van der Waals surface area (Å²) < 4.78 is 1.73. The van der Waals surface area contributed by atoms with Gasteiger partial charge in [-0.3, -0.25) is 9.78 Å². The van der Waals surface area contributed by atoms with Crippen molar-refractivity contribution in [3.8, 4) is 11.4 Å². The van der Waals surface area contributed by atoms with Gasteiger partial charge in [-0.15, -0.1) is 5.10 Å². The topological polar surface area (TPSA) is 63.9 Å². The van der Waals surface area contributed by atoms with E-state index < -0.39 is 5.54 Å². The third-order valence-corrected chi connectivity index (χ3v) is 3.45. The van der Waals surface area contributed by atoms with Crippen molar-refractivity contribution in [2.75, 3.05) is 14.1 Å². The quantitative estimate of drug-likeness (QED) is 0.861. The second-order valence-electron chi connectivity index (χ2n) is 5.99. The van der Waals surface area contributed by atoms with Crippen molar-refractivity contribution in [1.29, 1.82) is 0 Å². The van der Waals surface area contributed by atoms with E-state index in [1.807, 2.05) is 39.1 Å². The third kappa shape index (κ3) is 3.26. The number of pyridine rings is 1. The maximum Gasteiger partial charge on any atom is 0.224 e. The van der Waals surface area contributed by atoms with Crippen LogP contribution in [0.25, 0.3) is 11.4 Å². The molecule has 0 N–H and O–H groups in total.